The average Bonchev–Trinajstić information content (AvgIpc) is 2.89. The van der Waals surface area contributed by atoms with E-state index in [4.69, 9.17) is 14.2 Å². The molecule has 2 fully saturated rings. The molecule has 0 aromatic heterocycles. The van der Waals surface area contributed by atoms with Gasteiger partial charge in [-0.15, -0.1) is 0 Å². The molecule has 9 nitrogen and oxygen atoms in total. The summed E-state index contributed by atoms with van der Waals surface area (Å²) >= 11 is 0. The molecule has 2 saturated heterocycles. The second kappa shape index (κ2) is 11.0. The fraction of sp³-hybridized carbons (Fsp3) is 0.375. The van der Waals surface area contributed by atoms with Gasteiger partial charge in [0.2, 0.25) is 15.9 Å². The van der Waals surface area contributed by atoms with Crippen LogP contribution in [0.5, 0.6) is 5.75 Å². The van der Waals surface area contributed by atoms with Gasteiger partial charge in [-0.05, 0) is 48.0 Å². The van der Waals surface area contributed by atoms with Gasteiger partial charge in [-0.3, -0.25) is 4.79 Å². The number of methoxy groups -OCH3 is 1. The summed E-state index contributed by atoms with van der Waals surface area (Å²) in [6.45, 7) is 4.41. The summed E-state index contributed by atoms with van der Waals surface area (Å²) in [5, 5.41) is 2.83. The molecule has 1 N–H and O–H groups in total. The zero-order chi connectivity index (χ0) is 24.0. The second-order valence-corrected chi connectivity index (χ2v) is 9.80. The summed E-state index contributed by atoms with van der Waals surface area (Å²) in [5.41, 5.74) is 2.34. The number of morpholine rings is 2. The van der Waals surface area contributed by atoms with E-state index in [1.807, 2.05) is 24.3 Å². The highest BCUT2D eigenvalue weighted by molar-refractivity contribution is 7.89. The Morgan fingerprint density at radius 1 is 0.971 bits per heavy atom. The second-order valence-electron chi connectivity index (χ2n) is 7.90. The van der Waals surface area contributed by atoms with Crippen LogP contribution in [0.25, 0.3) is 6.08 Å². The Hall–Kier alpha value is -2.92. The molecule has 182 valence electrons. The van der Waals surface area contributed by atoms with Crippen LogP contribution in [0.3, 0.4) is 0 Å². The summed E-state index contributed by atoms with van der Waals surface area (Å²) in [4.78, 5) is 14.7. The van der Waals surface area contributed by atoms with E-state index in [0.717, 1.165) is 18.8 Å². The van der Waals surface area contributed by atoms with E-state index in [0.29, 0.717) is 37.7 Å². The molecule has 34 heavy (non-hydrogen) atoms. The molecule has 0 unspecified atom stereocenters. The van der Waals surface area contributed by atoms with Crippen molar-refractivity contribution in [1.29, 1.82) is 0 Å². The molecular weight excluding hydrogens is 458 g/mol. The third kappa shape index (κ3) is 5.76. The average molecular weight is 488 g/mol. The Bertz CT molecular complexity index is 1120. The van der Waals surface area contributed by atoms with Gasteiger partial charge >= 0.3 is 0 Å². The number of sulfonamides is 1. The molecule has 0 radical (unpaired) electrons. The smallest absolute Gasteiger partial charge is 0.248 e. The summed E-state index contributed by atoms with van der Waals surface area (Å²) in [5.74, 6) is -0.0546. The molecule has 2 aliphatic heterocycles. The van der Waals surface area contributed by atoms with Crippen LogP contribution in [0.15, 0.2) is 53.4 Å². The van der Waals surface area contributed by atoms with Crippen LogP contribution in [0.2, 0.25) is 0 Å². The molecular formula is C24H29N3O6S. The van der Waals surface area contributed by atoms with Crippen molar-refractivity contribution in [3.05, 3.63) is 54.1 Å². The van der Waals surface area contributed by atoms with Crippen molar-refractivity contribution in [1.82, 2.24) is 4.31 Å². The minimum atomic E-state index is -3.75. The number of rotatable bonds is 7. The Kier molecular flexibility index (Phi) is 7.84. The summed E-state index contributed by atoms with van der Waals surface area (Å²) in [6, 6.07) is 12.5. The van der Waals surface area contributed by atoms with Crippen LogP contribution in [0, 0.1) is 0 Å². The number of hydrogen-bond donors (Lipinski definition) is 1. The number of benzene rings is 2. The van der Waals surface area contributed by atoms with Gasteiger partial charge < -0.3 is 24.4 Å². The number of ether oxygens (including phenoxy) is 3. The van der Waals surface area contributed by atoms with E-state index in [-0.39, 0.29) is 29.6 Å². The van der Waals surface area contributed by atoms with Crippen molar-refractivity contribution in [3.8, 4) is 5.75 Å². The van der Waals surface area contributed by atoms with E-state index in [2.05, 4.69) is 10.2 Å². The number of nitrogens with zero attached hydrogens (tertiary/aromatic N) is 2. The Labute approximate surface area is 199 Å². The normalized spacial score (nSPS) is 17.6. The number of amides is 1. The number of hydrogen-bond acceptors (Lipinski definition) is 7. The number of carbonyl (C=O) groups excluding carboxylic acids is 1. The van der Waals surface area contributed by atoms with Crippen LogP contribution < -0.4 is 15.0 Å². The monoisotopic (exact) mass is 487 g/mol. The van der Waals surface area contributed by atoms with Gasteiger partial charge in [0.25, 0.3) is 0 Å². The van der Waals surface area contributed by atoms with Crippen molar-refractivity contribution in [2.24, 2.45) is 0 Å². The third-order valence-electron chi connectivity index (χ3n) is 5.71. The van der Waals surface area contributed by atoms with Crippen molar-refractivity contribution >= 4 is 33.4 Å². The highest BCUT2D eigenvalue weighted by atomic mass is 32.2. The quantitative estimate of drug-likeness (QED) is 0.598. The topological polar surface area (TPSA) is 97.4 Å². The maximum absolute atomic E-state index is 13.1. The number of carbonyl (C=O) groups is 1. The summed E-state index contributed by atoms with van der Waals surface area (Å²) in [6.07, 6.45) is 2.96. The molecule has 0 saturated carbocycles. The first-order chi connectivity index (χ1) is 16.5. The number of anilines is 2. The van der Waals surface area contributed by atoms with Crippen molar-refractivity contribution in [2.45, 2.75) is 4.90 Å². The van der Waals surface area contributed by atoms with Gasteiger partial charge in [0, 0.05) is 43.6 Å². The van der Waals surface area contributed by atoms with E-state index in [9.17, 15) is 13.2 Å². The molecule has 2 aliphatic rings. The molecule has 0 bridgehead atoms. The highest BCUT2D eigenvalue weighted by Crippen LogP contribution is 2.29. The van der Waals surface area contributed by atoms with Crippen molar-refractivity contribution < 1.29 is 27.4 Å². The van der Waals surface area contributed by atoms with E-state index < -0.39 is 10.0 Å². The van der Waals surface area contributed by atoms with Gasteiger partial charge in [0.15, 0.2) is 0 Å². The number of nitrogens with one attached hydrogen (secondary N) is 1. The van der Waals surface area contributed by atoms with Gasteiger partial charge in [-0.2, -0.15) is 4.31 Å². The molecule has 0 atom stereocenters. The largest absolute Gasteiger partial charge is 0.495 e. The fourth-order valence-electron chi connectivity index (χ4n) is 3.86. The Morgan fingerprint density at radius 2 is 1.62 bits per heavy atom. The van der Waals surface area contributed by atoms with Gasteiger partial charge in [0.1, 0.15) is 10.6 Å². The molecule has 4 rings (SSSR count). The molecule has 10 heteroatoms. The SMILES string of the molecule is COc1ccc(C=CC(=O)Nc2ccc(N3CCOCC3)cc2)cc1S(=O)(=O)N1CCOCC1. The van der Waals surface area contributed by atoms with Gasteiger partial charge in [-0.1, -0.05) is 6.07 Å². The lowest BCUT2D eigenvalue weighted by atomic mass is 10.2. The molecule has 0 spiro atoms. The lowest BCUT2D eigenvalue weighted by Crippen LogP contribution is -2.40. The first-order valence-electron chi connectivity index (χ1n) is 11.1. The zero-order valence-electron chi connectivity index (χ0n) is 19.1. The molecule has 0 aliphatic carbocycles. The van der Waals surface area contributed by atoms with E-state index in [1.54, 1.807) is 18.2 Å². The van der Waals surface area contributed by atoms with Crippen LogP contribution in [0.1, 0.15) is 5.56 Å². The van der Waals surface area contributed by atoms with Crippen molar-refractivity contribution in [2.75, 3.05) is 69.9 Å². The molecule has 1 amide bonds. The van der Waals surface area contributed by atoms with Crippen LogP contribution in [0.4, 0.5) is 11.4 Å². The molecule has 2 heterocycles. The Balaban J connectivity index is 1.43. The maximum atomic E-state index is 13.1. The zero-order valence-corrected chi connectivity index (χ0v) is 19.9. The third-order valence-corrected chi connectivity index (χ3v) is 7.63. The summed E-state index contributed by atoms with van der Waals surface area (Å²) in [7, 11) is -2.31. The predicted molar refractivity (Wildman–Crippen MR) is 130 cm³/mol. The molecule has 2 aromatic rings. The maximum Gasteiger partial charge on any atom is 0.248 e. The van der Waals surface area contributed by atoms with Crippen LogP contribution in [-0.2, 0) is 24.3 Å². The van der Waals surface area contributed by atoms with Gasteiger partial charge in [0.05, 0.1) is 33.5 Å². The molecule has 2 aromatic carbocycles. The predicted octanol–water partition coefficient (Wildman–Crippen LogP) is 2.20. The van der Waals surface area contributed by atoms with Crippen LogP contribution >= 0.6 is 0 Å². The van der Waals surface area contributed by atoms with Crippen molar-refractivity contribution in [3.63, 3.8) is 0 Å². The highest BCUT2D eigenvalue weighted by Gasteiger charge is 2.29. The van der Waals surface area contributed by atoms with E-state index in [1.165, 1.54) is 23.6 Å². The minimum absolute atomic E-state index is 0.0677. The standard InChI is InChI=1S/C24H29N3O6S/c1-31-22-8-2-19(18-23(22)34(29,30)27-12-16-33-17-13-27)3-9-24(28)25-20-4-6-21(7-5-20)26-10-14-32-15-11-26/h2-9,18H,10-17H2,1H3,(H,25,28). The van der Waals surface area contributed by atoms with E-state index >= 15 is 0 Å². The van der Waals surface area contributed by atoms with Gasteiger partial charge in [-0.25, -0.2) is 8.42 Å². The summed E-state index contributed by atoms with van der Waals surface area (Å²) < 4.78 is 43.5. The fourth-order valence-corrected chi connectivity index (χ4v) is 5.46. The van der Waals surface area contributed by atoms with Crippen LogP contribution in [-0.4, -0.2) is 78.3 Å². The minimum Gasteiger partial charge on any atom is -0.495 e. The Morgan fingerprint density at radius 3 is 2.26 bits per heavy atom. The first-order valence-corrected chi connectivity index (χ1v) is 12.6. The lowest BCUT2D eigenvalue weighted by Gasteiger charge is -2.28. The first kappa shape index (κ1) is 24.2. The lowest BCUT2D eigenvalue weighted by molar-refractivity contribution is -0.111.